The van der Waals surface area contributed by atoms with Crippen molar-refractivity contribution in [1.29, 1.82) is 0 Å². The molecule has 0 bridgehead atoms. The van der Waals surface area contributed by atoms with Crippen LogP contribution in [-0.4, -0.2) is 61.3 Å². The first-order chi connectivity index (χ1) is 10.9. The topological polar surface area (TPSA) is 87.7 Å². The second kappa shape index (κ2) is 5.92. The smallest absolute Gasteiger partial charge is 0.228 e. The second-order valence-corrected chi connectivity index (χ2v) is 8.35. The van der Waals surface area contributed by atoms with Gasteiger partial charge in [-0.25, -0.2) is 8.42 Å². The standard InChI is InChI=1S/C15H19N3O4S/c1-17(13-4-6-23(21,22)10-13)15(20)11-7-14(19)18(9-11)12-3-2-5-16-8-12/h2-3,5,8,11,13H,4,6-7,9-10H2,1H3. The molecule has 2 unspecified atom stereocenters. The van der Waals surface area contributed by atoms with Crippen molar-refractivity contribution in [2.45, 2.75) is 18.9 Å². The minimum Gasteiger partial charge on any atom is -0.341 e. The van der Waals surface area contributed by atoms with Gasteiger partial charge in [0.15, 0.2) is 9.84 Å². The lowest BCUT2D eigenvalue weighted by Crippen LogP contribution is -2.42. The molecule has 0 aliphatic carbocycles. The van der Waals surface area contributed by atoms with Crippen molar-refractivity contribution >= 4 is 27.3 Å². The fourth-order valence-corrected chi connectivity index (χ4v) is 4.96. The van der Waals surface area contributed by atoms with E-state index in [2.05, 4.69) is 4.98 Å². The number of sulfone groups is 1. The highest BCUT2D eigenvalue weighted by molar-refractivity contribution is 7.91. The van der Waals surface area contributed by atoms with Crippen LogP contribution < -0.4 is 4.90 Å². The SMILES string of the molecule is CN(C(=O)C1CC(=O)N(c2cccnc2)C1)C1CCS(=O)(=O)C1. The summed E-state index contributed by atoms with van der Waals surface area (Å²) >= 11 is 0. The van der Waals surface area contributed by atoms with Crippen LogP contribution in [0.2, 0.25) is 0 Å². The number of aromatic nitrogens is 1. The number of hydrogen-bond acceptors (Lipinski definition) is 5. The van der Waals surface area contributed by atoms with Gasteiger partial charge in [-0.3, -0.25) is 14.6 Å². The third-order valence-electron chi connectivity index (χ3n) is 4.54. The predicted molar refractivity (Wildman–Crippen MR) is 84.5 cm³/mol. The van der Waals surface area contributed by atoms with E-state index in [1.165, 1.54) is 4.90 Å². The Bertz CT molecular complexity index is 719. The molecule has 2 aliphatic rings. The number of carbonyl (C=O) groups excluding carboxylic acids is 2. The summed E-state index contributed by atoms with van der Waals surface area (Å²) in [5.41, 5.74) is 0.680. The summed E-state index contributed by atoms with van der Waals surface area (Å²) in [6.07, 6.45) is 3.84. The molecule has 3 rings (SSSR count). The van der Waals surface area contributed by atoms with Crippen LogP contribution in [-0.2, 0) is 19.4 Å². The molecule has 1 aromatic rings. The fraction of sp³-hybridized carbons (Fsp3) is 0.533. The molecule has 2 atom stereocenters. The van der Waals surface area contributed by atoms with Crippen molar-refractivity contribution in [1.82, 2.24) is 9.88 Å². The molecule has 3 heterocycles. The number of amides is 2. The summed E-state index contributed by atoms with van der Waals surface area (Å²) < 4.78 is 23.1. The van der Waals surface area contributed by atoms with Gasteiger partial charge >= 0.3 is 0 Å². The van der Waals surface area contributed by atoms with Crippen molar-refractivity contribution < 1.29 is 18.0 Å². The third-order valence-corrected chi connectivity index (χ3v) is 6.29. The van der Waals surface area contributed by atoms with Crippen molar-refractivity contribution in [2.24, 2.45) is 5.92 Å². The van der Waals surface area contributed by atoms with Crippen molar-refractivity contribution in [3.63, 3.8) is 0 Å². The van der Waals surface area contributed by atoms with Crippen molar-refractivity contribution in [2.75, 3.05) is 30.0 Å². The molecule has 2 saturated heterocycles. The molecule has 124 valence electrons. The molecule has 0 aromatic carbocycles. The number of nitrogens with zero attached hydrogens (tertiary/aromatic N) is 3. The maximum atomic E-state index is 12.6. The Morgan fingerprint density at radius 3 is 2.83 bits per heavy atom. The first-order valence-corrected chi connectivity index (χ1v) is 9.37. The molecule has 2 amide bonds. The van der Waals surface area contributed by atoms with Gasteiger partial charge in [-0.15, -0.1) is 0 Å². The minimum atomic E-state index is -3.04. The summed E-state index contributed by atoms with van der Waals surface area (Å²) in [6.45, 7) is 0.313. The summed E-state index contributed by atoms with van der Waals surface area (Å²) in [7, 11) is -1.41. The number of pyridine rings is 1. The number of hydrogen-bond donors (Lipinski definition) is 0. The summed E-state index contributed by atoms with van der Waals surface area (Å²) in [4.78, 5) is 31.8. The highest BCUT2D eigenvalue weighted by atomic mass is 32.2. The van der Waals surface area contributed by atoms with Crippen LogP contribution in [0.1, 0.15) is 12.8 Å². The van der Waals surface area contributed by atoms with E-state index in [0.717, 1.165) is 0 Å². The summed E-state index contributed by atoms with van der Waals surface area (Å²) in [5.74, 6) is -0.560. The molecule has 0 spiro atoms. The van der Waals surface area contributed by atoms with Gasteiger partial charge in [0.1, 0.15) is 0 Å². The lowest BCUT2D eigenvalue weighted by molar-refractivity contribution is -0.136. The van der Waals surface area contributed by atoms with E-state index in [4.69, 9.17) is 0 Å². The lowest BCUT2D eigenvalue weighted by atomic mass is 10.1. The zero-order valence-corrected chi connectivity index (χ0v) is 13.7. The van der Waals surface area contributed by atoms with Crippen LogP contribution in [0.4, 0.5) is 5.69 Å². The van der Waals surface area contributed by atoms with E-state index in [-0.39, 0.29) is 35.8 Å². The third kappa shape index (κ3) is 3.21. The second-order valence-electron chi connectivity index (χ2n) is 6.12. The van der Waals surface area contributed by atoms with E-state index in [1.54, 1.807) is 36.5 Å². The van der Waals surface area contributed by atoms with Crippen LogP contribution in [0.15, 0.2) is 24.5 Å². The van der Waals surface area contributed by atoms with Crippen LogP contribution >= 0.6 is 0 Å². The molecule has 2 aliphatic heterocycles. The van der Waals surface area contributed by atoms with Gasteiger partial charge in [-0.2, -0.15) is 0 Å². The molecular formula is C15H19N3O4S. The van der Waals surface area contributed by atoms with E-state index in [0.29, 0.717) is 18.7 Å². The molecule has 0 saturated carbocycles. The predicted octanol–water partition coefficient (Wildman–Crippen LogP) is 0.0800. The molecular weight excluding hydrogens is 318 g/mol. The van der Waals surface area contributed by atoms with Gasteiger partial charge in [0.25, 0.3) is 0 Å². The van der Waals surface area contributed by atoms with E-state index >= 15 is 0 Å². The highest BCUT2D eigenvalue weighted by Gasteiger charge is 2.40. The first-order valence-electron chi connectivity index (χ1n) is 7.55. The zero-order valence-electron chi connectivity index (χ0n) is 12.9. The van der Waals surface area contributed by atoms with Crippen molar-refractivity contribution in [3.8, 4) is 0 Å². The Balaban J connectivity index is 1.68. The zero-order chi connectivity index (χ0) is 16.6. The fourth-order valence-electron chi connectivity index (χ4n) is 3.18. The maximum Gasteiger partial charge on any atom is 0.228 e. The largest absolute Gasteiger partial charge is 0.341 e. The monoisotopic (exact) mass is 337 g/mol. The number of anilines is 1. The van der Waals surface area contributed by atoms with Crippen LogP contribution in [0.3, 0.4) is 0 Å². The van der Waals surface area contributed by atoms with Gasteiger partial charge in [0, 0.05) is 32.3 Å². The lowest BCUT2D eigenvalue weighted by Gasteiger charge is -2.26. The van der Waals surface area contributed by atoms with E-state index < -0.39 is 15.8 Å². The molecule has 8 heteroatoms. The Hall–Kier alpha value is -1.96. The number of carbonyl (C=O) groups is 2. The molecule has 2 fully saturated rings. The van der Waals surface area contributed by atoms with Crippen LogP contribution in [0, 0.1) is 5.92 Å². The molecule has 23 heavy (non-hydrogen) atoms. The number of rotatable bonds is 3. The van der Waals surface area contributed by atoms with Gasteiger partial charge in [0.2, 0.25) is 11.8 Å². The quantitative estimate of drug-likeness (QED) is 0.779. The summed E-state index contributed by atoms with van der Waals surface area (Å²) in [5, 5.41) is 0. The minimum absolute atomic E-state index is 0.0161. The first kappa shape index (κ1) is 15.9. The van der Waals surface area contributed by atoms with E-state index in [1.807, 2.05) is 0 Å². The van der Waals surface area contributed by atoms with Gasteiger partial charge in [0.05, 0.1) is 29.3 Å². The summed E-state index contributed by atoms with van der Waals surface area (Å²) in [6, 6.07) is 3.24. The van der Waals surface area contributed by atoms with E-state index in [9.17, 15) is 18.0 Å². The Morgan fingerprint density at radius 1 is 1.43 bits per heavy atom. The normalized spacial score (nSPS) is 26.5. The van der Waals surface area contributed by atoms with Gasteiger partial charge < -0.3 is 9.80 Å². The Labute approximate surface area is 135 Å². The highest BCUT2D eigenvalue weighted by Crippen LogP contribution is 2.27. The molecule has 1 aromatic heterocycles. The van der Waals surface area contributed by atoms with Crippen LogP contribution in [0.5, 0.6) is 0 Å². The Morgan fingerprint density at radius 2 is 2.22 bits per heavy atom. The Kier molecular flexibility index (Phi) is 4.09. The van der Waals surface area contributed by atoms with Crippen molar-refractivity contribution in [3.05, 3.63) is 24.5 Å². The van der Waals surface area contributed by atoms with Crippen LogP contribution in [0.25, 0.3) is 0 Å². The maximum absolute atomic E-state index is 12.6. The molecule has 7 nitrogen and oxygen atoms in total. The molecule has 0 radical (unpaired) electrons. The molecule has 0 N–H and O–H groups in total. The average molecular weight is 337 g/mol. The van der Waals surface area contributed by atoms with Gasteiger partial charge in [-0.05, 0) is 18.6 Å². The van der Waals surface area contributed by atoms with Gasteiger partial charge in [-0.1, -0.05) is 0 Å². The average Bonchev–Trinajstić information content (AvgIpc) is 3.09.